The number of hydrogen-bond donors (Lipinski definition) is 3. The van der Waals surface area contributed by atoms with Gasteiger partial charge in [0, 0.05) is 0 Å². The summed E-state index contributed by atoms with van der Waals surface area (Å²) in [5.41, 5.74) is 0. The fourth-order valence-electron chi connectivity index (χ4n) is 1.72. The van der Waals surface area contributed by atoms with Crippen molar-refractivity contribution in [3.05, 3.63) is 5.82 Å². The van der Waals surface area contributed by atoms with Crippen LogP contribution in [0.3, 0.4) is 0 Å². The zero-order valence-corrected chi connectivity index (χ0v) is 10.6. The van der Waals surface area contributed by atoms with Gasteiger partial charge in [-0.15, -0.1) is 17.5 Å². The Morgan fingerprint density at radius 3 is 2.63 bits per heavy atom. The van der Waals surface area contributed by atoms with Gasteiger partial charge in [0.2, 0.25) is 17.7 Å². The lowest BCUT2D eigenvalue weighted by Crippen LogP contribution is -2.43. The van der Waals surface area contributed by atoms with Crippen molar-refractivity contribution < 1.29 is 18.0 Å². The highest BCUT2D eigenvalue weighted by molar-refractivity contribution is 5.93. The SMILES string of the molecule is Cl.O=C(Nc1n[nH]c(C(F)(F)F)n1)C1CCCCN1. The predicted octanol–water partition coefficient (Wildman–Crippen LogP) is 1.33. The number of carbonyl (C=O) groups is 1. The van der Waals surface area contributed by atoms with E-state index < -0.39 is 23.9 Å². The van der Waals surface area contributed by atoms with Crippen LogP contribution in [0.15, 0.2) is 0 Å². The highest BCUT2D eigenvalue weighted by Gasteiger charge is 2.35. The third kappa shape index (κ3) is 4.06. The van der Waals surface area contributed by atoms with E-state index in [0.717, 1.165) is 19.4 Å². The van der Waals surface area contributed by atoms with Crippen molar-refractivity contribution in [1.82, 2.24) is 20.5 Å². The molecule has 1 saturated heterocycles. The normalized spacial score (nSPS) is 19.6. The number of piperidine rings is 1. The average Bonchev–Trinajstić information content (AvgIpc) is 2.78. The van der Waals surface area contributed by atoms with Gasteiger partial charge in [0.05, 0.1) is 6.04 Å². The van der Waals surface area contributed by atoms with Crippen molar-refractivity contribution in [2.24, 2.45) is 0 Å². The number of anilines is 1. The van der Waals surface area contributed by atoms with Crippen molar-refractivity contribution in [2.75, 3.05) is 11.9 Å². The summed E-state index contributed by atoms with van der Waals surface area (Å²) in [6.07, 6.45) is -2.04. The largest absolute Gasteiger partial charge is 0.451 e. The van der Waals surface area contributed by atoms with Crippen LogP contribution in [0.25, 0.3) is 0 Å². The zero-order chi connectivity index (χ0) is 13.2. The Morgan fingerprint density at radius 1 is 1.37 bits per heavy atom. The third-order valence-corrected chi connectivity index (χ3v) is 2.62. The molecule has 1 amide bonds. The molecule has 6 nitrogen and oxygen atoms in total. The first kappa shape index (κ1) is 15.7. The van der Waals surface area contributed by atoms with Gasteiger partial charge in [-0.25, -0.2) is 0 Å². The van der Waals surface area contributed by atoms with E-state index in [1.54, 1.807) is 5.10 Å². The molecular formula is C9H13ClF3N5O. The highest BCUT2D eigenvalue weighted by atomic mass is 35.5. The molecule has 19 heavy (non-hydrogen) atoms. The second-order valence-electron chi connectivity index (χ2n) is 4.00. The smallest absolute Gasteiger partial charge is 0.306 e. The molecule has 0 bridgehead atoms. The molecule has 0 spiro atoms. The number of rotatable bonds is 2. The zero-order valence-electron chi connectivity index (χ0n) is 9.75. The second-order valence-corrected chi connectivity index (χ2v) is 4.00. The molecule has 1 aromatic heterocycles. The molecular weight excluding hydrogens is 287 g/mol. The summed E-state index contributed by atoms with van der Waals surface area (Å²) < 4.78 is 36.7. The number of halogens is 4. The maximum absolute atomic E-state index is 12.2. The number of amides is 1. The third-order valence-electron chi connectivity index (χ3n) is 2.62. The van der Waals surface area contributed by atoms with E-state index in [0.29, 0.717) is 6.42 Å². The van der Waals surface area contributed by atoms with E-state index in [-0.39, 0.29) is 18.4 Å². The summed E-state index contributed by atoms with van der Waals surface area (Å²) in [6, 6.07) is -0.397. The first-order chi connectivity index (χ1) is 8.47. The lowest BCUT2D eigenvalue weighted by atomic mass is 10.0. The van der Waals surface area contributed by atoms with Crippen molar-refractivity contribution in [1.29, 1.82) is 0 Å². The average molecular weight is 300 g/mol. The van der Waals surface area contributed by atoms with Crippen molar-refractivity contribution in [3.63, 3.8) is 0 Å². The summed E-state index contributed by atoms with van der Waals surface area (Å²) in [4.78, 5) is 14.8. The number of aromatic nitrogens is 3. The summed E-state index contributed by atoms with van der Waals surface area (Å²) in [7, 11) is 0. The number of nitrogens with one attached hydrogen (secondary N) is 3. The molecule has 2 heterocycles. The van der Waals surface area contributed by atoms with E-state index in [4.69, 9.17) is 0 Å². The first-order valence-corrected chi connectivity index (χ1v) is 5.50. The Balaban J connectivity index is 0.00000180. The predicted molar refractivity (Wildman–Crippen MR) is 62.9 cm³/mol. The maximum Gasteiger partial charge on any atom is 0.451 e. The Kier molecular flexibility index (Phi) is 5.12. The minimum atomic E-state index is -4.60. The molecule has 0 aromatic carbocycles. The molecule has 0 aliphatic carbocycles. The van der Waals surface area contributed by atoms with E-state index >= 15 is 0 Å². The minimum absolute atomic E-state index is 0. The number of carbonyl (C=O) groups excluding carboxylic acids is 1. The molecule has 1 unspecified atom stereocenters. The Hall–Kier alpha value is -1.35. The maximum atomic E-state index is 12.2. The topological polar surface area (TPSA) is 82.7 Å². The summed E-state index contributed by atoms with van der Waals surface area (Å²) >= 11 is 0. The van der Waals surface area contributed by atoms with Gasteiger partial charge in [-0.2, -0.15) is 18.2 Å². The van der Waals surface area contributed by atoms with Crippen molar-refractivity contribution in [3.8, 4) is 0 Å². The molecule has 10 heteroatoms. The molecule has 108 valence electrons. The highest BCUT2D eigenvalue weighted by Crippen LogP contribution is 2.26. The van der Waals surface area contributed by atoms with Gasteiger partial charge in [-0.1, -0.05) is 6.42 Å². The van der Waals surface area contributed by atoms with Crippen LogP contribution >= 0.6 is 12.4 Å². The summed E-state index contributed by atoms with van der Waals surface area (Å²) in [5, 5.41) is 10.3. The van der Waals surface area contributed by atoms with Gasteiger partial charge < -0.3 is 5.32 Å². The van der Waals surface area contributed by atoms with Gasteiger partial charge >= 0.3 is 6.18 Å². The van der Waals surface area contributed by atoms with Crippen LogP contribution in [0.5, 0.6) is 0 Å². The summed E-state index contributed by atoms with van der Waals surface area (Å²) in [6.45, 7) is 0.722. The van der Waals surface area contributed by atoms with Crippen LogP contribution < -0.4 is 10.6 Å². The van der Waals surface area contributed by atoms with E-state index in [9.17, 15) is 18.0 Å². The molecule has 3 N–H and O–H groups in total. The standard InChI is InChI=1S/C9H12F3N5O.ClH/c10-9(11,12)7-15-8(17-16-7)14-6(18)5-3-1-2-4-13-5;/h5,13H,1-4H2,(H2,14,15,16,17,18);1H. The molecule has 0 saturated carbocycles. The van der Waals surface area contributed by atoms with E-state index in [1.165, 1.54) is 0 Å². The number of nitrogens with zero attached hydrogens (tertiary/aromatic N) is 2. The Bertz CT molecular complexity index is 430. The molecule has 2 rings (SSSR count). The van der Waals surface area contributed by atoms with Crippen LogP contribution in [0.1, 0.15) is 25.1 Å². The number of alkyl halides is 3. The van der Waals surface area contributed by atoms with Crippen LogP contribution in [-0.2, 0) is 11.0 Å². The molecule has 1 fully saturated rings. The van der Waals surface area contributed by atoms with Gasteiger partial charge in [0.1, 0.15) is 0 Å². The molecule has 1 aliphatic heterocycles. The van der Waals surface area contributed by atoms with Crippen LogP contribution in [0.2, 0.25) is 0 Å². The summed E-state index contributed by atoms with van der Waals surface area (Å²) in [5.74, 6) is -2.00. The molecule has 1 aliphatic rings. The van der Waals surface area contributed by atoms with E-state index in [2.05, 4.69) is 20.7 Å². The lowest BCUT2D eigenvalue weighted by Gasteiger charge is -2.21. The Morgan fingerprint density at radius 2 is 2.11 bits per heavy atom. The molecule has 0 radical (unpaired) electrons. The van der Waals surface area contributed by atoms with E-state index in [1.807, 2.05) is 0 Å². The number of hydrogen-bond acceptors (Lipinski definition) is 4. The van der Waals surface area contributed by atoms with Gasteiger partial charge in [0.25, 0.3) is 0 Å². The van der Waals surface area contributed by atoms with Crippen LogP contribution in [0, 0.1) is 0 Å². The van der Waals surface area contributed by atoms with Crippen LogP contribution in [0.4, 0.5) is 19.1 Å². The molecule has 1 atom stereocenters. The van der Waals surface area contributed by atoms with Crippen molar-refractivity contribution >= 4 is 24.3 Å². The number of H-pyrrole nitrogens is 1. The fourth-order valence-corrected chi connectivity index (χ4v) is 1.72. The second kappa shape index (κ2) is 6.20. The van der Waals surface area contributed by atoms with Gasteiger partial charge in [-0.05, 0) is 19.4 Å². The fraction of sp³-hybridized carbons (Fsp3) is 0.667. The van der Waals surface area contributed by atoms with Gasteiger partial charge in [0.15, 0.2) is 0 Å². The van der Waals surface area contributed by atoms with Crippen LogP contribution in [-0.4, -0.2) is 33.7 Å². The first-order valence-electron chi connectivity index (χ1n) is 5.50. The van der Waals surface area contributed by atoms with Crippen molar-refractivity contribution in [2.45, 2.75) is 31.5 Å². The van der Waals surface area contributed by atoms with Gasteiger partial charge in [-0.3, -0.25) is 15.2 Å². The number of aromatic amines is 1. The molecule has 1 aromatic rings. The Labute approximate surface area is 113 Å². The quantitative estimate of drug-likeness (QED) is 0.769. The monoisotopic (exact) mass is 299 g/mol. The lowest BCUT2D eigenvalue weighted by molar-refractivity contribution is -0.144. The minimum Gasteiger partial charge on any atom is -0.306 e.